The molecule has 0 amide bonds. The Bertz CT molecular complexity index is 1320. The number of rotatable bonds is 5. The van der Waals surface area contributed by atoms with E-state index in [4.69, 9.17) is 0 Å². The Morgan fingerprint density at radius 1 is 0.568 bits per heavy atom. The van der Waals surface area contributed by atoms with E-state index in [0.717, 1.165) is 11.1 Å². The van der Waals surface area contributed by atoms with Gasteiger partial charge in [-0.15, -0.1) is 0 Å². The lowest BCUT2D eigenvalue weighted by Gasteiger charge is -2.33. The molecule has 4 N–H and O–H groups in total. The first kappa shape index (κ1) is 24.4. The van der Waals surface area contributed by atoms with Gasteiger partial charge in [-0.05, 0) is 40.7 Å². The third-order valence-corrected chi connectivity index (χ3v) is 7.42. The van der Waals surface area contributed by atoms with Crippen LogP contribution in [0.2, 0.25) is 0 Å². The zero-order valence-electron chi connectivity index (χ0n) is 20.2. The molecule has 0 heterocycles. The number of ketones is 2. The number of Topliss-reactive ketones (excluding diaryl/α,β-unsaturated/α-hetero) is 2. The van der Waals surface area contributed by atoms with Gasteiger partial charge in [-0.3, -0.25) is 9.59 Å². The number of aliphatic hydroxyl groups excluding tert-OH is 2. The lowest BCUT2D eigenvalue weighted by Crippen LogP contribution is -2.29. The summed E-state index contributed by atoms with van der Waals surface area (Å²) < 4.78 is 0. The number of phenols is 2. The first-order chi connectivity index (χ1) is 17.8. The number of hydrogen-bond donors (Lipinski definition) is 4. The summed E-state index contributed by atoms with van der Waals surface area (Å²) in [5.74, 6) is -3.18. The fourth-order valence-electron chi connectivity index (χ4n) is 5.60. The van der Waals surface area contributed by atoms with Gasteiger partial charge in [0.2, 0.25) is 0 Å². The van der Waals surface area contributed by atoms with Gasteiger partial charge in [0.05, 0.1) is 0 Å². The second-order valence-corrected chi connectivity index (χ2v) is 9.78. The molecule has 2 aliphatic rings. The van der Waals surface area contributed by atoms with E-state index in [0.29, 0.717) is 5.56 Å². The van der Waals surface area contributed by atoms with Crippen molar-refractivity contribution in [2.24, 2.45) is 0 Å². The minimum absolute atomic E-state index is 0.0466. The maximum absolute atomic E-state index is 13.6. The molecule has 0 radical (unpaired) electrons. The van der Waals surface area contributed by atoms with Crippen LogP contribution in [-0.2, 0) is 9.59 Å². The maximum Gasteiger partial charge on any atom is 0.163 e. The Labute approximate surface area is 214 Å². The quantitative estimate of drug-likeness (QED) is 0.317. The van der Waals surface area contributed by atoms with Crippen LogP contribution in [0, 0.1) is 0 Å². The number of hydrogen-bond acceptors (Lipinski definition) is 6. The molecule has 0 saturated carbocycles. The van der Waals surface area contributed by atoms with Gasteiger partial charge in [0.1, 0.15) is 11.5 Å². The molecule has 3 aromatic carbocycles. The number of allylic oxidation sites excluding steroid dienone is 4. The third-order valence-electron chi connectivity index (χ3n) is 7.42. The van der Waals surface area contributed by atoms with E-state index in [1.54, 1.807) is 0 Å². The van der Waals surface area contributed by atoms with Crippen molar-refractivity contribution in [2.75, 3.05) is 0 Å². The lowest BCUT2D eigenvalue weighted by atomic mass is 9.70. The maximum atomic E-state index is 13.6. The molecule has 0 aromatic heterocycles. The van der Waals surface area contributed by atoms with Crippen LogP contribution >= 0.6 is 0 Å². The van der Waals surface area contributed by atoms with E-state index in [1.165, 1.54) is 18.2 Å². The Balaban J connectivity index is 1.60. The van der Waals surface area contributed by atoms with Crippen LogP contribution in [0.25, 0.3) is 0 Å². The van der Waals surface area contributed by atoms with Gasteiger partial charge in [0.25, 0.3) is 0 Å². The van der Waals surface area contributed by atoms with Gasteiger partial charge in [-0.25, -0.2) is 0 Å². The standard InChI is InChI=1S/C31H28O6/c32-23-12-11-20(13-24(23)33)29(30-25(34)14-21(15-26(30)35)18-7-3-1-4-8-18)31-27(36)16-22(17-28(31)37)19-9-5-2-6-10-19/h1-13,21-22,29,32-34,36H,14-17H2/t21-,22+,29?. The van der Waals surface area contributed by atoms with Crippen LogP contribution in [0.5, 0.6) is 11.5 Å². The first-order valence-corrected chi connectivity index (χ1v) is 12.4. The molecule has 3 atom stereocenters. The van der Waals surface area contributed by atoms with Crippen molar-refractivity contribution in [2.45, 2.75) is 43.4 Å². The third kappa shape index (κ3) is 4.75. The van der Waals surface area contributed by atoms with Gasteiger partial charge in [0, 0.05) is 42.7 Å². The molecular formula is C31H28O6. The van der Waals surface area contributed by atoms with Gasteiger partial charge >= 0.3 is 0 Å². The summed E-state index contributed by atoms with van der Waals surface area (Å²) in [5, 5.41) is 42.5. The highest BCUT2D eigenvalue weighted by Crippen LogP contribution is 2.47. The highest BCUT2D eigenvalue weighted by molar-refractivity contribution is 6.05. The Kier molecular flexibility index (Phi) is 6.57. The highest BCUT2D eigenvalue weighted by Gasteiger charge is 2.41. The summed E-state index contributed by atoms with van der Waals surface area (Å²) >= 11 is 0. The van der Waals surface area contributed by atoms with Crippen LogP contribution in [0.3, 0.4) is 0 Å². The van der Waals surface area contributed by atoms with Crippen LogP contribution in [-0.4, -0.2) is 32.0 Å². The minimum atomic E-state index is -1.07. The van der Waals surface area contributed by atoms with Crippen molar-refractivity contribution in [3.63, 3.8) is 0 Å². The predicted octanol–water partition coefficient (Wildman–Crippen LogP) is 6.10. The van der Waals surface area contributed by atoms with Crippen LogP contribution in [0.1, 0.15) is 60.1 Å². The van der Waals surface area contributed by atoms with E-state index in [1.807, 2.05) is 60.7 Å². The molecule has 5 rings (SSSR count). The zero-order chi connectivity index (χ0) is 26.1. The Morgan fingerprint density at radius 2 is 1.03 bits per heavy atom. The second kappa shape index (κ2) is 9.97. The van der Waals surface area contributed by atoms with Crippen LogP contribution in [0.15, 0.2) is 102 Å². The van der Waals surface area contributed by atoms with Crippen LogP contribution < -0.4 is 0 Å². The van der Waals surface area contributed by atoms with Gasteiger partial charge in [-0.1, -0.05) is 66.7 Å². The van der Waals surface area contributed by atoms with Gasteiger partial charge < -0.3 is 20.4 Å². The average Bonchev–Trinajstić information content (AvgIpc) is 2.89. The molecule has 188 valence electrons. The van der Waals surface area contributed by atoms with E-state index >= 15 is 0 Å². The fourth-order valence-corrected chi connectivity index (χ4v) is 5.60. The van der Waals surface area contributed by atoms with Crippen LogP contribution in [0.4, 0.5) is 0 Å². The second-order valence-electron chi connectivity index (χ2n) is 9.78. The molecule has 2 aliphatic carbocycles. The van der Waals surface area contributed by atoms with E-state index < -0.39 is 11.7 Å². The summed E-state index contributed by atoms with van der Waals surface area (Å²) in [7, 11) is 0. The normalized spacial score (nSPS) is 21.3. The molecule has 0 spiro atoms. The first-order valence-electron chi connectivity index (χ1n) is 12.4. The molecular weight excluding hydrogens is 468 g/mol. The summed E-state index contributed by atoms with van der Waals surface area (Å²) in [6.07, 6.45) is 0.693. The Hall–Kier alpha value is -4.32. The Morgan fingerprint density at radius 3 is 1.43 bits per heavy atom. The van der Waals surface area contributed by atoms with Crippen molar-refractivity contribution < 1.29 is 30.0 Å². The number of benzene rings is 3. The van der Waals surface area contributed by atoms with Gasteiger partial charge in [0.15, 0.2) is 23.1 Å². The summed E-state index contributed by atoms with van der Waals surface area (Å²) in [4.78, 5) is 27.1. The number of aliphatic hydroxyl groups is 2. The van der Waals surface area contributed by atoms with Crippen molar-refractivity contribution in [3.8, 4) is 11.5 Å². The van der Waals surface area contributed by atoms with Crippen molar-refractivity contribution in [1.29, 1.82) is 0 Å². The highest BCUT2D eigenvalue weighted by atomic mass is 16.3. The van der Waals surface area contributed by atoms with Crippen molar-refractivity contribution >= 4 is 11.6 Å². The number of phenolic OH excluding ortho intramolecular Hbond substituents is 2. The summed E-state index contributed by atoms with van der Waals surface area (Å²) in [5.41, 5.74) is 2.29. The van der Waals surface area contributed by atoms with E-state index in [-0.39, 0.29) is 77.5 Å². The molecule has 37 heavy (non-hydrogen) atoms. The minimum Gasteiger partial charge on any atom is -0.512 e. The molecule has 3 aromatic rings. The number of aromatic hydroxyl groups is 2. The fraction of sp³-hybridized carbons (Fsp3) is 0.226. The summed E-state index contributed by atoms with van der Waals surface area (Å²) in [6, 6.07) is 23.0. The monoisotopic (exact) mass is 496 g/mol. The predicted molar refractivity (Wildman–Crippen MR) is 139 cm³/mol. The molecule has 0 bridgehead atoms. The zero-order valence-corrected chi connectivity index (χ0v) is 20.2. The molecule has 6 nitrogen and oxygen atoms in total. The molecule has 1 unspecified atom stereocenters. The summed E-state index contributed by atoms with van der Waals surface area (Å²) in [6.45, 7) is 0. The molecule has 0 saturated heterocycles. The van der Waals surface area contributed by atoms with Crippen molar-refractivity contribution in [3.05, 3.63) is 118 Å². The van der Waals surface area contributed by atoms with Crippen molar-refractivity contribution in [1.82, 2.24) is 0 Å². The topological polar surface area (TPSA) is 115 Å². The number of carbonyl (C=O) groups is 2. The molecule has 0 aliphatic heterocycles. The van der Waals surface area contributed by atoms with E-state index in [9.17, 15) is 30.0 Å². The smallest absolute Gasteiger partial charge is 0.163 e. The SMILES string of the molecule is O=C1C[C@@H](c2ccccc2)CC(O)=C1C(C1=C(O)C[C@@H](c2ccccc2)CC1=O)c1ccc(O)c(O)c1. The lowest BCUT2D eigenvalue weighted by molar-refractivity contribution is -0.117. The average molecular weight is 497 g/mol. The molecule has 0 fully saturated rings. The van der Waals surface area contributed by atoms with E-state index in [2.05, 4.69) is 0 Å². The largest absolute Gasteiger partial charge is 0.512 e. The molecule has 6 heteroatoms. The number of carbonyl (C=O) groups excluding carboxylic acids is 2. The van der Waals surface area contributed by atoms with Gasteiger partial charge in [-0.2, -0.15) is 0 Å².